The standard InChI is InChI=1S/C18H25N3O2/c22-17(15-7-3-1-4-8-15)20-11-13-21(14-12-20)18(23)19-16-9-5-2-6-10-16/h2,5-6,9-10,15H,1,3-4,7-8,11-14H2,(H,19,23). The molecule has 2 fully saturated rings. The van der Waals surface area contributed by atoms with Gasteiger partial charge >= 0.3 is 6.03 Å². The van der Waals surface area contributed by atoms with E-state index in [1.807, 2.05) is 35.2 Å². The van der Waals surface area contributed by atoms with Crippen LogP contribution in [0.3, 0.4) is 0 Å². The lowest BCUT2D eigenvalue weighted by Crippen LogP contribution is -2.53. The van der Waals surface area contributed by atoms with E-state index in [0.717, 1.165) is 18.5 Å². The van der Waals surface area contributed by atoms with Crippen molar-refractivity contribution in [3.8, 4) is 0 Å². The molecule has 5 heteroatoms. The number of piperazine rings is 1. The van der Waals surface area contributed by atoms with Gasteiger partial charge in [-0.15, -0.1) is 0 Å². The SMILES string of the molecule is O=C(Nc1ccccc1)N1CCN(C(=O)C2CCCCC2)CC1. The fourth-order valence-electron chi connectivity index (χ4n) is 3.46. The monoisotopic (exact) mass is 315 g/mol. The number of para-hydroxylation sites is 1. The zero-order valence-electron chi connectivity index (χ0n) is 13.5. The summed E-state index contributed by atoms with van der Waals surface area (Å²) >= 11 is 0. The molecule has 0 spiro atoms. The number of nitrogens with zero attached hydrogens (tertiary/aromatic N) is 2. The molecule has 1 aliphatic carbocycles. The molecule has 0 unspecified atom stereocenters. The minimum atomic E-state index is -0.0824. The number of carbonyl (C=O) groups is 2. The molecule has 1 aliphatic heterocycles. The van der Waals surface area contributed by atoms with E-state index in [1.165, 1.54) is 19.3 Å². The molecular weight excluding hydrogens is 290 g/mol. The molecule has 1 saturated carbocycles. The molecule has 3 rings (SSSR count). The number of carbonyl (C=O) groups excluding carboxylic acids is 2. The Labute approximate surface area is 137 Å². The van der Waals surface area contributed by atoms with E-state index >= 15 is 0 Å². The van der Waals surface area contributed by atoms with Crippen molar-refractivity contribution in [2.45, 2.75) is 32.1 Å². The molecule has 1 aromatic carbocycles. The Morgan fingerprint density at radius 3 is 2.13 bits per heavy atom. The van der Waals surface area contributed by atoms with E-state index in [4.69, 9.17) is 0 Å². The summed E-state index contributed by atoms with van der Waals surface area (Å²) in [5.74, 6) is 0.515. The van der Waals surface area contributed by atoms with Gasteiger partial charge in [-0.05, 0) is 25.0 Å². The lowest BCUT2D eigenvalue weighted by Gasteiger charge is -2.37. The van der Waals surface area contributed by atoms with Crippen molar-refractivity contribution in [3.63, 3.8) is 0 Å². The summed E-state index contributed by atoms with van der Waals surface area (Å²) in [6.45, 7) is 2.52. The van der Waals surface area contributed by atoms with Gasteiger partial charge in [0, 0.05) is 37.8 Å². The van der Waals surface area contributed by atoms with Crippen LogP contribution in [0.15, 0.2) is 30.3 Å². The minimum absolute atomic E-state index is 0.0824. The zero-order chi connectivity index (χ0) is 16.1. The zero-order valence-corrected chi connectivity index (χ0v) is 13.5. The predicted molar refractivity (Wildman–Crippen MR) is 90.2 cm³/mol. The Hall–Kier alpha value is -2.04. The second-order valence-electron chi connectivity index (χ2n) is 6.44. The first kappa shape index (κ1) is 15.8. The van der Waals surface area contributed by atoms with Crippen LogP contribution in [0.1, 0.15) is 32.1 Å². The van der Waals surface area contributed by atoms with Gasteiger partial charge in [-0.2, -0.15) is 0 Å². The maximum absolute atomic E-state index is 12.5. The number of nitrogens with one attached hydrogen (secondary N) is 1. The van der Waals surface area contributed by atoms with E-state index in [-0.39, 0.29) is 11.9 Å². The molecule has 3 amide bonds. The van der Waals surface area contributed by atoms with Gasteiger partial charge in [-0.25, -0.2) is 4.79 Å². The lowest BCUT2D eigenvalue weighted by molar-refractivity contribution is -0.137. The van der Waals surface area contributed by atoms with Gasteiger partial charge in [0.1, 0.15) is 0 Å². The van der Waals surface area contributed by atoms with Crippen molar-refractivity contribution in [3.05, 3.63) is 30.3 Å². The fraction of sp³-hybridized carbons (Fsp3) is 0.556. The summed E-state index contributed by atoms with van der Waals surface area (Å²) in [7, 11) is 0. The maximum Gasteiger partial charge on any atom is 0.321 e. The van der Waals surface area contributed by atoms with Gasteiger partial charge in [0.15, 0.2) is 0 Å². The summed E-state index contributed by atoms with van der Waals surface area (Å²) in [5.41, 5.74) is 0.804. The molecule has 1 aromatic rings. The predicted octanol–water partition coefficient (Wildman–Crippen LogP) is 2.94. The highest BCUT2D eigenvalue weighted by molar-refractivity contribution is 5.89. The van der Waals surface area contributed by atoms with Crippen LogP contribution in [0, 0.1) is 5.92 Å². The first-order valence-corrected chi connectivity index (χ1v) is 8.64. The number of amides is 3. The van der Waals surface area contributed by atoms with Crippen molar-refractivity contribution < 1.29 is 9.59 Å². The van der Waals surface area contributed by atoms with Crippen molar-refractivity contribution >= 4 is 17.6 Å². The first-order chi connectivity index (χ1) is 11.2. The summed E-state index contributed by atoms with van der Waals surface area (Å²) in [4.78, 5) is 28.5. The number of rotatable bonds is 2. The van der Waals surface area contributed by atoms with Crippen LogP contribution in [-0.4, -0.2) is 47.9 Å². The second-order valence-corrected chi connectivity index (χ2v) is 6.44. The summed E-state index contributed by atoms with van der Waals surface area (Å²) < 4.78 is 0. The summed E-state index contributed by atoms with van der Waals surface area (Å²) in [6.07, 6.45) is 5.68. The average Bonchev–Trinajstić information content (AvgIpc) is 2.63. The Bertz CT molecular complexity index is 532. The molecular formula is C18H25N3O2. The van der Waals surface area contributed by atoms with Crippen LogP contribution in [-0.2, 0) is 4.79 Å². The lowest BCUT2D eigenvalue weighted by atomic mass is 9.88. The molecule has 0 bridgehead atoms. The topological polar surface area (TPSA) is 52.7 Å². The van der Waals surface area contributed by atoms with E-state index in [1.54, 1.807) is 4.90 Å². The smallest absolute Gasteiger partial charge is 0.321 e. The third-order valence-corrected chi connectivity index (χ3v) is 4.86. The van der Waals surface area contributed by atoms with Crippen LogP contribution in [0.4, 0.5) is 10.5 Å². The molecule has 0 aromatic heterocycles. The van der Waals surface area contributed by atoms with Crippen LogP contribution < -0.4 is 5.32 Å². The molecule has 124 valence electrons. The van der Waals surface area contributed by atoms with Crippen LogP contribution in [0.5, 0.6) is 0 Å². The largest absolute Gasteiger partial charge is 0.339 e. The van der Waals surface area contributed by atoms with Gasteiger partial charge in [-0.1, -0.05) is 37.5 Å². The van der Waals surface area contributed by atoms with Gasteiger partial charge in [0.2, 0.25) is 5.91 Å². The number of hydrogen-bond acceptors (Lipinski definition) is 2. The van der Waals surface area contributed by atoms with Crippen molar-refractivity contribution in [2.24, 2.45) is 5.92 Å². The highest BCUT2D eigenvalue weighted by Gasteiger charge is 2.29. The van der Waals surface area contributed by atoms with Gasteiger partial charge in [-0.3, -0.25) is 4.79 Å². The highest BCUT2D eigenvalue weighted by atomic mass is 16.2. The Balaban J connectivity index is 1.48. The van der Waals surface area contributed by atoms with Gasteiger partial charge < -0.3 is 15.1 Å². The van der Waals surface area contributed by atoms with E-state index in [9.17, 15) is 9.59 Å². The fourth-order valence-corrected chi connectivity index (χ4v) is 3.46. The number of benzene rings is 1. The Morgan fingerprint density at radius 1 is 0.870 bits per heavy atom. The Morgan fingerprint density at radius 2 is 1.48 bits per heavy atom. The molecule has 5 nitrogen and oxygen atoms in total. The first-order valence-electron chi connectivity index (χ1n) is 8.64. The molecule has 23 heavy (non-hydrogen) atoms. The van der Waals surface area contributed by atoms with Crippen molar-refractivity contribution in [1.82, 2.24) is 9.80 Å². The quantitative estimate of drug-likeness (QED) is 0.912. The number of urea groups is 1. The molecule has 2 aliphatic rings. The third-order valence-electron chi connectivity index (χ3n) is 4.86. The molecule has 1 saturated heterocycles. The number of anilines is 1. The molecule has 0 radical (unpaired) electrons. The summed E-state index contributed by atoms with van der Waals surface area (Å²) in [5, 5.41) is 2.90. The maximum atomic E-state index is 12.5. The van der Waals surface area contributed by atoms with Crippen molar-refractivity contribution in [1.29, 1.82) is 0 Å². The molecule has 0 atom stereocenters. The van der Waals surface area contributed by atoms with E-state index in [2.05, 4.69) is 5.32 Å². The highest BCUT2D eigenvalue weighted by Crippen LogP contribution is 2.25. The summed E-state index contributed by atoms with van der Waals surface area (Å²) in [6, 6.07) is 9.39. The third kappa shape index (κ3) is 4.03. The second kappa shape index (κ2) is 7.49. The van der Waals surface area contributed by atoms with Gasteiger partial charge in [0.25, 0.3) is 0 Å². The van der Waals surface area contributed by atoms with Crippen LogP contribution >= 0.6 is 0 Å². The molecule has 1 heterocycles. The number of hydrogen-bond donors (Lipinski definition) is 1. The van der Waals surface area contributed by atoms with E-state index < -0.39 is 0 Å². The van der Waals surface area contributed by atoms with Crippen LogP contribution in [0.2, 0.25) is 0 Å². The van der Waals surface area contributed by atoms with E-state index in [0.29, 0.717) is 32.1 Å². The van der Waals surface area contributed by atoms with Gasteiger partial charge in [0.05, 0.1) is 0 Å². The molecule has 1 N–H and O–H groups in total. The van der Waals surface area contributed by atoms with Crippen molar-refractivity contribution in [2.75, 3.05) is 31.5 Å². The average molecular weight is 315 g/mol. The minimum Gasteiger partial charge on any atom is -0.339 e. The van der Waals surface area contributed by atoms with Crippen LogP contribution in [0.25, 0.3) is 0 Å². The Kier molecular flexibility index (Phi) is 5.16. The normalized spacial score (nSPS) is 19.5.